The van der Waals surface area contributed by atoms with E-state index >= 15 is 0 Å². The van der Waals surface area contributed by atoms with Crippen LogP contribution >= 0.6 is 15.9 Å². The van der Waals surface area contributed by atoms with Gasteiger partial charge < -0.3 is 5.73 Å². The molecule has 0 aromatic carbocycles. The second kappa shape index (κ2) is 4.35. The van der Waals surface area contributed by atoms with Crippen LogP contribution in [0.5, 0.6) is 0 Å². The highest BCUT2D eigenvalue weighted by molar-refractivity contribution is 9.10. The molecule has 68 valence electrons. The lowest BCUT2D eigenvalue weighted by atomic mass is 10.1. The number of nitrogens with two attached hydrogens (primary N) is 1. The van der Waals surface area contributed by atoms with Crippen LogP contribution in [0.15, 0.2) is 16.9 Å². The molecule has 0 bridgehead atoms. The first kappa shape index (κ1) is 10.2. The molecule has 0 amide bonds. The molecule has 0 unspecified atom stereocenters. The maximum Gasteiger partial charge on any atom is 0.110 e. The summed E-state index contributed by atoms with van der Waals surface area (Å²) in [5, 5.41) is 8.49. The molecule has 0 saturated carbocycles. The van der Waals surface area contributed by atoms with Gasteiger partial charge >= 0.3 is 0 Å². The fourth-order valence-corrected chi connectivity index (χ4v) is 1.55. The highest BCUT2D eigenvalue weighted by atomic mass is 79.9. The van der Waals surface area contributed by atoms with Gasteiger partial charge in [0.05, 0.1) is 12.5 Å². The number of nitrogens with zero attached hydrogens (tertiary/aromatic N) is 2. The number of hydrogen-bond acceptors (Lipinski definition) is 3. The van der Waals surface area contributed by atoms with Gasteiger partial charge in [0.1, 0.15) is 4.60 Å². The summed E-state index contributed by atoms with van der Waals surface area (Å²) in [5.41, 5.74) is 7.72. The van der Waals surface area contributed by atoms with Gasteiger partial charge in [-0.15, -0.1) is 0 Å². The molecule has 0 saturated heterocycles. The first-order valence-electron chi connectivity index (χ1n) is 3.89. The lowest BCUT2D eigenvalue weighted by molar-refractivity contribution is 0.737. The summed E-state index contributed by atoms with van der Waals surface area (Å²) in [6.45, 7) is 1.95. The average molecular weight is 240 g/mol. The van der Waals surface area contributed by atoms with Gasteiger partial charge in [-0.05, 0) is 28.4 Å². The van der Waals surface area contributed by atoms with E-state index in [1.807, 2.05) is 19.1 Å². The van der Waals surface area contributed by atoms with E-state index in [0.717, 1.165) is 15.7 Å². The quantitative estimate of drug-likeness (QED) is 0.805. The molecule has 2 N–H and O–H groups in total. The van der Waals surface area contributed by atoms with E-state index in [9.17, 15) is 0 Å². The van der Waals surface area contributed by atoms with Gasteiger partial charge in [0.25, 0.3) is 0 Å². The monoisotopic (exact) mass is 239 g/mol. The smallest absolute Gasteiger partial charge is 0.110 e. The first-order valence-corrected chi connectivity index (χ1v) is 4.69. The summed E-state index contributed by atoms with van der Waals surface area (Å²) >= 11 is 3.30. The van der Waals surface area contributed by atoms with Crippen molar-refractivity contribution < 1.29 is 0 Å². The molecular weight excluding hydrogens is 230 g/mol. The van der Waals surface area contributed by atoms with Crippen molar-refractivity contribution in [1.82, 2.24) is 4.98 Å². The Morgan fingerprint density at radius 2 is 2.46 bits per heavy atom. The van der Waals surface area contributed by atoms with E-state index < -0.39 is 0 Å². The lowest BCUT2D eigenvalue weighted by Crippen LogP contribution is -2.10. The number of nitriles is 1. The van der Waals surface area contributed by atoms with E-state index in [1.54, 1.807) is 6.20 Å². The summed E-state index contributed by atoms with van der Waals surface area (Å²) < 4.78 is 0.723. The fourth-order valence-electron chi connectivity index (χ4n) is 1.04. The molecular formula is C9H10BrN3. The predicted octanol–water partition coefficient (Wildman–Crippen LogP) is 2.07. The Labute approximate surface area is 85.7 Å². The van der Waals surface area contributed by atoms with Crippen molar-refractivity contribution in [3.05, 3.63) is 28.0 Å². The molecule has 3 nitrogen and oxygen atoms in total. The predicted molar refractivity (Wildman–Crippen MR) is 53.8 cm³/mol. The molecule has 0 radical (unpaired) electrons. The summed E-state index contributed by atoms with van der Waals surface area (Å²) in [6.07, 6.45) is 2.07. The minimum atomic E-state index is -0.258. The topological polar surface area (TPSA) is 62.7 Å². The Morgan fingerprint density at radius 3 is 3.08 bits per heavy atom. The summed E-state index contributed by atoms with van der Waals surface area (Å²) in [5.74, 6) is 0. The summed E-state index contributed by atoms with van der Waals surface area (Å²) in [6, 6.07) is 3.72. The second-order valence-corrected chi connectivity index (χ2v) is 3.61. The van der Waals surface area contributed by atoms with Crippen LogP contribution in [0.25, 0.3) is 0 Å². The largest absolute Gasteiger partial charge is 0.323 e. The molecule has 1 heterocycles. The third kappa shape index (κ3) is 2.51. The Balaban J connectivity index is 3.00. The number of pyridine rings is 1. The third-order valence-corrected chi connectivity index (χ3v) is 2.38. The van der Waals surface area contributed by atoms with Gasteiger partial charge in [-0.3, -0.25) is 0 Å². The van der Waals surface area contributed by atoms with Gasteiger partial charge in [-0.1, -0.05) is 6.07 Å². The van der Waals surface area contributed by atoms with Gasteiger partial charge in [0, 0.05) is 17.8 Å². The van der Waals surface area contributed by atoms with E-state index in [0.29, 0.717) is 6.42 Å². The molecule has 0 aliphatic carbocycles. The molecule has 1 aromatic rings. The van der Waals surface area contributed by atoms with Gasteiger partial charge in [0.15, 0.2) is 0 Å². The van der Waals surface area contributed by atoms with Crippen LogP contribution in [0, 0.1) is 18.3 Å². The average Bonchev–Trinajstić information content (AvgIpc) is 2.09. The first-order chi connectivity index (χ1) is 6.15. The van der Waals surface area contributed by atoms with Crippen molar-refractivity contribution in [2.75, 3.05) is 0 Å². The number of aryl methyl sites for hydroxylation is 1. The Kier molecular flexibility index (Phi) is 3.40. The van der Waals surface area contributed by atoms with Gasteiger partial charge in [-0.25, -0.2) is 4.98 Å². The highest BCUT2D eigenvalue weighted by Gasteiger charge is 2.10. The van der Waals surface area contributed by atoms with Crippen molar-refractivity contribution in [3.8, 4) is 6.07 Å². The van der Waals surface area contributed by atoms with Crippen molar-refractivity contribution in [1.29, 1.82) is 5.26 Å². The number of aromatic nitrogens is 1. The molecule has 0 spiro atoms. The van der Waals surface area contributed by atoms with E-state index in [4.69, 9.17) is 11.0 Å². The SMILES string of the molecule is Cc1cnc(Br)c([C@H](N)CC#N)c1. The molecule has 1 aromatic heterocycles. The number of rotatable bonds is 2. The minimum Gasteiger partial charge on any atom is -0.323 e. The van der Waals surface area contributed by atoms with Crippen molar-refractivity contribution in [2.24, 2.45) is 5.73 Å². The fraction of sp³-hybridized carbons (Fsp3) is 0.333. The van der Waals surface area contributed by atoms with Gasteiger partial charge in [-0.2, -0.15) is 5.26 Å². The standard InChI is InChI=1S/C9H10BrN3/c1-6-4-7(8(12)2-3-11)9(10)13-5-6/h4-5,8H,2,12H2,1H3/t8-/m1/s1. The maximum absolute atomic E-state index is 8.49. The molecule has 1 atom stereocenters. The van der Waals surface area contributed by atoms with E-state index in [-0.39, 0.29) is 6.04 Å². The molecule has 13 heavy (non-hydrogen) atoms. The minimum absolute atomic E-state index is 0.258. The Bertz CT molecular complexity index is 343. The Morgan fingerprint density at radius 1 is 1.77 bits per heavy atom. The van der Waals surface area contributed by atoms with Crippen molar-refractivity contribution in [3.63, 3.8) is 0 Å². The van der Waals surface area contributed by atoms with E-state index in [2.05, 4.69) is 20.9 Å². The van der Waals surface area contributed by atoms with Crippen molar-refractivity contribution >= 4 is 15.9 Å². The maximum atomic E-state index is 8.49. The van der Waals surface area contributed by atoms with Crippen LogP contribution in [-0.4, -0.2) is 4.98 Å². The summed E-state index contributed by atoms with van der Waals surface area (Å²) in [7, 11) is 0. The normalized spacial score (nSPS) is 12.2. The number of halogens is 1. The zero-order chi connectivity index (χ0) is 9.84. The van der Waals surface area contributed by atoms with Crippen LogP contribution < -0.4 is 5.73 Å². The van der Waals surface area contributed by atoms with Crippen LogP contribution in [0.2, 0.25) is 0 Å². The van der Waals surface area contributed by atoms with Crippen molar-refractivity contribution in [2.45, 2.75) is 19.4 Å². The van der Waals surface area contributed by atoms with E-state index in [1.165, 1.54) is 0 Å². The lowest BCUT2D eigenvalue weighted by Gasteiger charge is -2.09. The molecule has 0 aliphatic heterocycles. The highest BCUT2D eigenvalue weighted by Crippen LogP contribution is 2.22. The Hall–Kier alpha value is -0.920. The second-order valence-electron chi connectivity index (χ2n) is 2.86. The van der Waals surface area contributed by atoms with Crippen LogP contribution in [-0.2, 0) is 0 Å². The van der Waals surface area contributed by atoms with Crippen LogP contribution in [0.3, 0.4) is 0 Å². The van der Waals surface area contributed by atoms with Gasteiger partial charge in [0.2, 0.25) is 0 Å². The molecule has 0 fully saturated rings. The zero-order valence-corrected chi connectivity index (χ0v) is 8.87. The van der Waals surface area contributed by atoms with Crippen LogP contribution in [0.4, 0.5) is 0 Å². The van der Waals surface area contributed by atoms with Crippen LogP contribution in [0.1, 0.15) is 23.6 Å². The number of hydrogen-bond donors (Lipinski definition) is 1. The summed E-state index contributed by atoms with van der Waals surface area (Å²) in [4.78, 5) is 4.11. The molecule has 4 heteroatoms. The molecule has 1 rings (SSSR count). The third-order valence-electron chi connectivity index (χ3n) is 1.71. The zero-order valence-electron chi connectivity index (χ0n) is 7.29. The molecule has 0 aliphatic rings.